The molecule has 0 aliphatic carbocycles. The van der Waals surface area contributed by atoms with E-state index in [9.17, 15) is 4.79 Å². The number of amides is 1. The molecule has 2 aromatic carbocycles. The molecular weight excluding hydrogens is 288 g/mol. The maximum Gasteiger partial charge on any atom is 0.268 e. The normalized spacial score (nSPS) is 19.9. The van der Waals surface area contributed by atoms with Gasteiger partial charge in [0.15, 0.2) is 5.60 Å². The second-order valence-electron chi connectivity index (χ2n) is 5.56. The summed E-state index contributed by atoms with van der Waals surface area (Å²) in [6.07, 6.45) is 0. The number of fused-ring (bicyclic) bond motifs is 1. The van der Waals surface area contributed by atoms with E-state index < -0.39 is 5.60 Å². The molecule has 0 radical (unpaired) electrons. The van der Waals surface area contributed by atoms with E-state index in [0.29, 0.717) is 13.2 Å². The molecule has 3 rings (SSSR count). The third kappa shape index (κ3) is 2.44. The highest BCUT2D eigenvalue weighted by Crippen LogP contribution is 2.46. The number of rotatable bonds is 6. The van der Waals surface area contributed by atoms with Crippen molar-refractivity contribution in [3.05, 3.63) is 65.7 Å². The van der Waals surface area contributed by atoms with E-state index in [2.05, 4.69) is 5.32 Å². The predicted molar refractivity (Wildman–Crippen MR) is 91.6 cm³/mol. The largest absolute Gasteiger partial charge is 0.356 e. The third-order valence-electron chi connectivity index (χ3n) is 4.25. The van der Waals surface area contributed by atoms with Gasteiger partial charge in [-0.3, -0.25) is 4.79 Å². The van der Waals surface area contributed by atoms with Gasteiger partial charge in [0.2, 0.25) is 0 Å². The average Bonchev–Trinajstić information content (AvgIpc) is 2.84. The second-order valence-corrected chi connectivity index (χ2v) is 5.56. The SMILES string of the molecule is CCOC1(c2ccccc2)C(=O)N(CCNC)c2ccccc21. The Morgan fingerprint density at radius 1 is 1.09 bits per heavy atom. The third-order valence-corrected chi connectivity index (χ3v) is 4.25. The van der Waals surface area contributed by atoms with Gasteiger partial charge in [-0.2, -0.15) is 0 Å². The molecule has 1 amide bonds. The van der Waals surface area contributed by atoms with Crippen LogP contribution in [0.5, 0.6) is 0 Å². The zero-order valence-corrected chi connectivity index (χ0v) is 13.6. The lowest BCUT2D eigenvalue weighted by molar-refractivity contribution is -0.137. The Hall–Kier alpha value is -2.17. The molecule has 0 saturated heterocycles. The van der Waals surface area contributed by atoms with Crippen molar-refractivity contribution in [3.63, 3.8) is 0 Å². The lowest BCUT2D eigenvalue weighted by Crippen LogP contribution is -2.45. The molecule has 1 atom stereocenters. The van der Waals surface area contributed by atoms with Crippen molar-refractivity contribution in [3.8, 4) is 0 Å². The number of carbonyl (C=O) groups is 1. The zero-order valence-electron chi connectivity index (χ0n) is 13.6. The highest BCUT2D eigenvalue weighted by atomic mass is 16.5. The molecule has 1 aliphatic rings. The molecule has 0 spiro atoms. The molecule has 1 unspecified atom stereocenters. The Morgan fingerprint density at radius 2 is 1.78 bits per heavy atom. The summed E-state index contributed by atoms with van der Waals surface area (Å²) in [4.78, 5) is 15.2. The molecule has 4 nitrogen and oxygen atoms in total. The number of anilines is 1. The first kappa shape index (κ1) is 15.7. The van der Waals surface area contributed by atoms with Crippen molar-refractivity contribution in [2.24, 2.45) is 0 Å². The van der Waals surface area contributed by atoms with Crippen LogP contribution in [0.15, 0.2) is 54.6 Å². The van der Waals surface area contributed by atoms with Gasteiger partial charge in [0, 0.05) is 25.3 Å². The summed E-state index contributed by atoms with van der Waals surface area (Å²) in [6.45, 7) is 3.75. The van der Waals surface area contributed by atoms with E-state index in [-0.39, 0.29) is 5.91 Å². The number of hydrogen-bond acceptors (Lipinski definition) is 3. The fraction of sp³-hybridized carbons (Fsp3) is 0.316. The number of likely N-dealkylation sites (N-methyl/N-ethyl adjacent to an activating group) is 1. The minimum atomic E-state index is -1.04. The van der Waals surface area contributed by atoms with E-state index in [1.807, 2.05) is 73.5 Å². The first-order valence-corrected chi connectivity index (χ1v) is 8.01. The molecule has 0 aromatic heterocycles. The van der Waals surface area contributed by atoms with Gasteiger partial charge in [0.05, 0.1) is 5.69 Å². The molecule has 1 aliphatic heterocycles. The van der Waals surface area contributed by atoms with E-state index in [0.717, 1.165) is 23.4 Å². The van der Waals surface area contributed by atoms with Crippen molar-refractivity contribution in [2.45, 2.75) is 12.5 Å². The summed E-state index contributed by atoms with van der Waals surface area (Å²) in [5, 5.41) is 3.11. The molecule has 0 bridgehead atoms. The average molecular weight is 310 g/mol. The van der Waals surface area contributed by atoms with Crippen LogP contribution in [-0.2, 0) is 15.1 Å². The van der Waals surface area contributed by atoms with Gasteiger partial charge in [-0.15, -0.1) is 0 Å². The fourth-order valence-electron chi connectivity index (χ4n) is 3.26. The maximum absolute atomic E-state index is 13.4. The molecular formula is C19H22N2O2. The van der Waals surface area contributed by atoms with Crippen molar-refractivity contribution < 1.29 is 9.53 Å². The van der Waals surface area contributed by atoms with E-state index in [4.69, 9.17) is 4.74 Å². The van der Waals surface area contributed by atoms with Gasteiger partial charge < -0.3 is 15.0 Å². The second kappa shape index (κ2) is 6.52. The summed E-state index contributed by atoms with van der Waals surface area (Å²) >= 11 is 0. The van der Waals surface area contributed by atoms with E-state index in [1.54, 1.807) is 0 Å². The van der Waals surface area contributed by atoms with Gasteiger partial charge in [0.1, 0.15) is 0 Å². The van der Waals surface area contributed by atoms with Crippen LogP contribution in [0.3, 0.4) is 0 Å². The van der Waals surface area contributed by atoms with Crippen LogP contribution in [0.2, 0.25) is 0 Å². The quantitative estimate of drug-likeness (QED) is 0.891. The van der Waals surface area contributed by atoms with Gasteiger partial charge >= 0.3 is 0 Å². The van der Waals surface area contributed by atoms with E-state index >= 15 is 0 Å². The summed E-state index contributed by atoms with van der Waals surface area (Å²) in [5.41, 5.74) is 1.70. The van der Waals surface area contributed by atoms with Crippen LogP contribution in [0.4, 0.5) is 5.69 Å². The zero-order chi connectivity index (χ0) is 16.3. The predicted octanol–water partition coefficient (Wildman–Crippen LogP) is 2.53. The van der Waals surface area contributed by atoms with E-state index in [1.165, 1.54) is 0 Å². The van der Waals surface area contributed by atoms with Crippen molar-refractivity contribution in [1.82, 2.24) is 5.32 Å². The van der Waals surface area contributed by atoms with Crippen molar-refractivity contribution in [2.75, 3.05) is 31.6 Å². The minimum Gasteiger partial charge on any atom is -0.356 e. The molecule has 1 heterocycles. The Labute approximate surface area is 137 Å². The molecule has 0 saturated carbocycles. The molecule has 4 heteroatoms. The lowest BCUT2D eigenvalue weighted by atomic mass is 9.87. The monoisotopic (exact) mass is 310 g/mol. The summed E-state index contributed by atoms with van der Waals surface area (Å²) in [5.74, 6) is -0.0120. The summed E-state index contributed by atoms with van der Waals surface area (Å²) in [7, 11) is 1.89. The number of hydrogen-bond donors (Lipinski definition) is 1. The van der Waals surface area contributed by atoms with Crippen molar-refractivity contribution >= 4 is 11.6 Å². The number of carbonyl (C=O) groups excluding carboxylic acids is 1. The van der Waals surface area contributed by atoms with Crippen LogP contribution >= 0.6 is 0 Å². The molecule has 1 N–H and O–H groups in total. The van der Waals surface area contributed by atoms with Crippen molar-refractivity contribution in [1.29, 1.82) is 0 Å². The lowest BCUT2D eigenvalue weighted by Gasteiger charge is -2.29. The Morgan fingerprint density at radius 3 is 2.48 bits per heavy atom. The highest BCUT2D eigenvalue weighted by Gasteiger charge is 2.52. The van der Waals surface area contributed by atoms with Gasteiger partial charge in [-0.05, 0) is 25.6 Å². The van der Waals surface area contributed by atoms with Gasteiger partial charge in [0.25, 0.3) is 5.91 Å². The van der Waals surface area contributed by atoms with Crippen LogP contribution in [-0.4, -0.2) is 32.7 Å². The maximum atomic E-state index is 13.4. The summed E-state index contributed by atoms with van der Waals surface area (Å²) < 4.78 is 6.11. The Balaban J connectivity index is 2.18. The molecule has 0 fully saturated rings. The standard InChI is InChI=1S/C19H22N2O2/c1-3-23-19(15-9-5-4-6-10-15)16-11-7-8-12-17(16)21(18(19)22)14-13-20-2/h4-12,20H,3,13-14H2,1-2H3. The smallest absolute Gasteiger partial charge is 0.268 e. The first-order valence-electron chi connectivity index (χ1n) is 8.01. The number of nitrogens with one attached hydrogen (secondary N) is 1. The minimum absolute atomic E-state index is 0.0120. The van der Waals surface area contributed by atoms with Crippen LogP contribution in [0.1, 0.15) is 18.1 Å². The molecule has 2 aromatic rings. The molecule has 120 valence electrons. The van der Waals surface area contributed by atoms with Gasteiger partial charge in [-0.1, -0.05) is 48.5 Å². The van der Waals surface area contributed by atoms with Crippen LogP contribution < -0.4 is 10.2 Å². The number of para-hydroxylation sites is 1. The van der Waals surface area contributed by atoms with Gasteiger partial charge in [-0.25, -0.2) is 0 Å². The Kier molecular flexibility index (Phi) is 4.46. The first-order chi connectivity index (χ1) is 11.3. The number of ether oxygens (including phenoxy) is 1. The number of nitrogens with zero attached hydrogens (tertiary/aromatic N) is 1. The summed E-state index contributed by atoms with van der Waals surface area (Å²) in [6, 6.07) is 17.7. The number of benzene rings is 2. The Bertz CT molecular complexity index is 687. The molecule has 23 heavy (non-hydrogen) atoms. The van der Waals surface area contributed by atoms with Crippen LogP contribution in [0, 0.1) is 0 Å². The fourth-order valence-corrected chi connectivity index (χ4v) is 3.26. The highest BCUT2D eigenvalue weighted by molar-refractivity contribution is 6.09. The van der Waals surface area contributed by atoms with Crippen LogP contribution in [0.25, 0.3) is 0 Å². The topological polar surface area (TPSA) is 41.6 Å².